The first-order chi connectivity index (χ1) is 11.7. The molecule has 1 aliphatic rings. The Morgan fingerprint density at radius 2 is 1.92 bits per heavy atom. The van der Waals surface area contributed by atoms with Crippen LogP contribution in [0.1, 0.15) is 18.4 Å². The van der Waals surface area contributed by atoms with E-state index in [1.165, 1.54) is 10.1 Å². The molecule has 7 heteroatoms. The van der Waals surface area contributed by atoms with Crippen LogP contribution in [0.2, 0.25) is 0 Å². The topological polar surface area (TPSA) is 93.2 Å². The number of aromatic nitrogens is 2. The van der Waals surface area contributed by atoms with Gasteiger partial charge in [0.2, 0.25) is 6.41 Å². The number of carbonyl (C=O) groups excluding carboxylic acids is 1. The lowest BCUT2D eigenvalue weighted by molar-refractivity contribution is -0.105. The number of nitrogens with zero attached hydrogens (tertiary/aromatic N) is 3. The second-order valence-corrected chi connectivity index (χ2v) is 6.01. The molecule has 1 aromatic heterocycles. The molecule has 126 valence electrons. The number of anilines is 1. The molecule has 7 nitrogen and oxygen atoms in total. The van der Waals surface area contributed by atoms with Gasteiger partial charge in [0.15, 0.2) is 0 Å². The summed E-state index contributed by atoms with van der Waals surface area (Å²) < 4.78 is 1.44. The van der Waals surface area contributed by atoms with E-state index in [-0.39, 0.29) is 5.82 Å². The maximum absolute atomic E-state index is 12.0. The maximum Gasteiger partial charge on any atom is 0.354 e. The van der Waals surface area contributed by atoms with Gasteiger partial charge in [-0.15, -0.1) is 0 Å². The lowest BCUT2D eigenvalue weighted by atomic mass is 10.1. The molecule has 0 radical (unpaired) electrons. The van der Waals surface area contributed by atoms with Gasteiger partial charge in [-0.3, -0.25) is 14.3 Å². The second-order valence-electron chi connectivity index (χ2n) is 6.01. The third kappa shape index (κ3) is 3.87. The van der Waals surface area contributed by atoms with Crippen molar-refractivity contribution in [2.75, 3.05) is 18.4 Å². The first-order valence-corrected chi connectivity index (χ1v) is 8.03. The molecular formula is C17H21N5O2. The molecule has 24 heavy (non-hydrogen) atoms. The Morgan fingerprint density at radius 1 is 1.21 bits per heavy atom. The van der Waals surface area contributed by atoms with Crippen molar-refractivity contribution >= 4 is 12.2 Å². The molecule has 2 aromatic rings. The van der Waals surface area contributed by atoms with Crippen LogP contribution in [0, 0.1) is 0 Å². The fourth-order valence-corrected chi connectivity index (χ4v) is 2.87. The highest BCUT2D eigenvalue weighted by Gasteiger charge is 2.15. The van der Waals surface area contributed by atoms with Crippen molar-refractivity contribution in [1.82, 2.24) is 14.5 Å². The Morgan fingerprint density at radius 3 is 2.54 bits per heavy atom. The maximum atomic E-state index is 12.0. The normalized spacial score (nSPS) is 16.0. The quantitative estimate of drug-likeness (QED) is 0.790. The summed E-state index contributed by atoms with van der Waals surface area (Å²) in [4.78, 5) is 28.6. The molecule has 1 amide bonds. The van der Waals surface area contributed by atoms with Crippen molar-refractivity contribution in [3.05, 3.63) is 52.6 Å². The van der Waals surface area contributed by atoms with Gasteiger partial charge in [0.25, 0.3) is 0 Å². The third-order valence-corrected chi connectivity index (χ3v) is 4.26. The van der Waals surface area contributed by atoms with Crippen LogP contribution in [-0.2, 0) is 11.3 Å². The molecule has 3 rings (SSSR count). The fourth-order valence-electron chi connectivity index (χ4n) is 2.87. The zero-order valence-electron chi connectivity index (χ0n) is 13.4. The van der Waals surface area contributed by atoms with Gasteiger partial charge >= 0.3 is 5.69 Å². The number of nitrogens with one attached hydrogen (secondary N) is 1. The number of hydrogen-bond acceptors (Lipinski definition) is 5. The Hall–Kier alpha value is -2.51. The zero-order valence-corrected chi connectivity index (χ0v) is 13.4. The van der Waals surface area contributed by atoms with Gasteiger partial charge in [-0.05, 0) is 49.7 Å². The molecule has 0 saturated carbocycles. The Kier molecular flexibility index (Phi) is 5.02. The summed E-state index contributed by atoms with van der Waals surface area (Å²) in [6.07, 6.45) is 4.18. The van der Waals surface area contributed by atoms with Crippen molar-refractivity contribution in [3.8, 4) is 5.69 Å². The molecule has 1 saturated heterocycles. The highest BCUT2D eigenvalue weighted by molar-refractivity contribution is 5.68. The molecule has 1 aromatic carbocycles. The number of piperidine rings is 1. The summed E-state index contributed by atoms with van der Waals surface area (Å²) in [6, 6.07) is 9.77. The predicted molar refractivity (Wildman–Crippen MR) is 92.0 cm³/mol. The molecule has 1 fully saturated rings. The number of nitrogens with two attached hydrogens (primary N) is 1. The summed E-state index contributed by atoms with van der Waals surface area (Å²) in [5.41, 5.74) is 7.45. The van der Waals surface area contributed by atoms with Crippen molar-refractivity contribution < 1.29 is 4.79 Å². The average molecular weight is 327 g/mol. The van der Waals surface area contributed by atoms with E-state index < -0.39 is 5.69 Å². The van der Waals surface area contributed by atoms with E-state index in [2.05, 4.69) is 15.2 Å². The number of rotatable bonds is 5. The second kappa shape index (κ2) is 7.37. The largest absolute Gasteiger partial charge is 0.354 e. The first-order valence-electron chi connectivity index (χ1n) is 8.03. The summed E-state index contributed by atoms with van der Waals surface area (Å²) in [5, 5.41) is 2.37. The predicted octanol–water partition coefficient (Wildman–Crippen LogP) is 0.724. The summed E-state index contributed by atoms with van der Waals surface area (Å²) in [7, 11) is 0. The zero-order chi connectivity index (χ0) is 16.9. The number of amides is 1. The van der Waals surface area contributed by atoms with Gasteiger partial charge in [0.1, 0.15) is 5.82 Å². The average Bonchev–Trinajstić information content (AvgIpc) is 2.58. The molecule has 0 unspecified atom stereocenters. The third-order valence-electron chi connectivity index (χ3n) is 4.26. The lowest BCUT2D eigenvalue weighted by Crippen LogP contribution is -2.39. The van der Waals surface area contributed by atoms with Gasteiger partial charge in [-0.1, -0.05) is 12.1 Å². The minimum atomic E-state index is -0.431. The van der Waals surface area contributed by atoms with Crippen molar-refractivity contribution in [1.29, 1.82) is 0 Å². The van der Waals surface area contributed by atoms with Crippen LogP contribution in [0.5, 0.6) is 0 Å². The van der Waals surface area contributed by atoms with Crippen LogP contribution >= 0.6 is 0 Å². The molecule has 3 N–H and O–H groups in total. The summed E-state index contributed by atoms with van der Waals surface area (Å²) in [5.74, 6) is 0.242. The SMILES string of the molecule is NC1CCN(Cc2ccc(-n3ccc(NC=O)nc3=O)cc2)CC1. The van der Waals surface area contributed by atoms with Crippen LogP contribution in [0.15, 0.2) is 41.3 Å². The minimum absolute atomic E-state index is 0.242. The van der Waals surface area contributed by atoms with Gasteiger partial charge in [0, 0.05) is 18.8 Å². The smallest absolute Gasteiger partial charge is 0.328 e. The monoisotopic (exact) mass is 327 g/mol. The standard InChI is InChI=1S/C17H21N5O2/c18-14-5-8-21(9-6-14)11-13-1-3-15(4-2-13)22-10-7-16(19-12-23)20-17(22)24/h1-4,7,10,12,14H,5-6,8-9,11,18H2,(H,19,20,23,24). The number of likely N-dealkylation sites (tertiary alicyclic amines) is 1. The molecule has 0 aliphatic carbocycles. The summed E-state index contributed by atoms with van der Waals surface area (Å²) in [6.45, 7) is 2.94. The van der Waals surface area contributed by atoms with Crippen LogP contribution in [-0.4, -0.2) is 40.0 Å². The van der Waals surface area contributed by atoms with Gasteiger partial charge in [0.05, 0.1) is 5.69 Å². The van der Waals surface area contributed by atoms with Crippen LogP contribution in [0.25, 0.3) is 5.69 Å². The highest BCUT2D eigenvalue weighted by Crippen LogP contribution is 2.14. The Balaban J connectivity index is 1.70. The van der Waals surface area contributed by atoms with Crippen LogP contribution in [0.3, 0.4) is 0 Å². The van der Waals surface area contributed by atoms with E-state index in [1.54, 1.807) is 12.3 Å². The molecule has 2 heterocycles. The fraction of sp³-hybridized carbons (Fsp3) is 0.353. The lowest BCUT2D eigenvalue weighted by Gasteiger charge is -2.30. The molecule has 0 spiro atoms. The summed E-state index contributed by atoms with van der Waals surface area (Å²) >= 11 is 0. The van der Waals surface area contributed by atoms with Gasteiger partial charge < -0.3 is 11.1 Å². The van der Waals surface area contributed by atoms with Crippen molar-refractivity contribution in [3.63, 3.8) is 0 Å². The molecular weight excluding hydrogens is 306 g/mol. The van der Waals surface area contributed by atoms with Gasteiger partial charge in [-0.25, -0.2) is 4.79 Å². The number of hydrogen-bond donors (Lipinski definition) is 2. The van der Waals surface area contributed by atoms with E-state index in [0.29, 0.717) is 12.5 Å². The number of benzene rings is 1. The highest BCUT2D eigenvalue weighted by atomic mass is 16.1. The minimum Gasteiger partial charge on any atom is -0.328 e. The number of carbonyl (C=O) groups is 1. The van der Waals surface area contributed by atoms with Gasteiger partial charge in [-0.2, -0.15) is 4.98 Å². The van der Waals surface area contributed by atoms with Crippen molar-refractivity contribution in [2.45, 2.75) is 25.4 Å². The van der Waals surface area contributed by atoms with E-state index in [0.717, 1.165) is 38.2 Å². The molecule has 0 atom stereocenters. The van der Waals surface area contributed by atoms with Crippen LogP contribution in [0.4, 0.5) is 5.82 Å². The van der Waals surface area contributed by atoms with E-state index in [4.69, 9.17) is 5.73 Å². The Labute approximate surface area is 140 Å². The van der Waals surface area contributed by atoms with Crippen molar-refractivity contribution in [2.24, 2.45) is 5.73 Å². The van der Waals surface area contributed by atoms with Crippen LogP contribution < -0.4 is 16.7 Å². The molecule has 1 aliphatic heterocycles. The first kappa shape index (κ1) is 16.4. The van der Waals surface area contributed by atoms with E-state index >= 15 is 0 Å². The van der Waals surface area contributed by atoms with E-state index in [9.17, 15) is 9.59 Å². The molecule has 0 bridgehead atoms. The Bertz CT molecular complexity index is 748. The van der Waals surface area contributed by atoms with E-state index in [1.807, 2.05) is 24.3 Å².